The molecule has 2 aromatic carbocycles. The number of carbonyl (C=O) groups is 1. The Morgan fingerprint density at radius 3 is 2.65 bits per heavy atom. The van der Waals surface area contributed by atoms with Gasteiger partial charge < -0.3 is 4.74 Å². The summed E-state index contributed by atoms with van der Waals surface area (Å²) in [6, 6.07) is 12.1. The number of aromatic nitrogens is 1. The average Bonchev–Trinajstić information content (AvgIpc) is 3.02. The Morgan fingerprint density at radius 2 is 1.96 bits per heavy atom. The van der Waals surface area contributed by atoms with Gasteiger partial charge in [0.25, 0.3) is 5.91 Å². The van der Waals surface area contributed by atoms with Crippen molar-refractivity contribution in [2.75, 3.05) is 11.9 Å². The number of carbonyl (C=O) groups excluding carboxylic acids is 1. The number of anilines is 1. The summed E-state index contributed by atoms with van der Waals surface area (Å²) in [6.07, 6.45) is 1.10. The molecule has 0 saturated heterocycles. The Kier molecular flexibility index (Phi) is 5.57. The molecule has 136 valence electrons. The molecule has 1 N–H and O–H groups in total. The van der Waals surface area contributed by atoms with Crippen LogP contribution in [0.25, 0.3) is 10.2 Å². The molecule has 1 heterocycles. The van der Waals surface area contributed by atoms with E-state index in [1.54, 1.807) is 0 Å². The van der Waals surface area contributed by atoms with Crippen molar-refractivity contribution >= 4 is 32.6 Å². The van der Waals surface area contributed by atoms with Gasteiger partial charge in [0.1, 0.15) is 5.75 Å². The van der Waals surface area contributed by atoms with Crippen LogP contribution in [0.3, 0.4) is 0 Å². The number of ether oxygens (including phenoxy) is 1. The number of rotatable bonds is 6. The fourth-order valence-corrected chi connectivity index (χ4v) is 3.91. The molecule has 0 fully saturated rings. The Labute approximate surface area is 158 Å². The van der Waals surface area contributed by atoms with Gasteiger partial charge in [-0.15, -0.1) is 0 Å². The van der Waals surface area contributed by atoms with Crippen LogP contribution < -0.4 is 10.1 Å². The molecule has 0 aliphatic rings. The van der Waals surface area contributed by atoms with Gasteiger partial charge in [-0.25, -0.2) is 4.98 Å². The first-order valence-corrected chi connectivity index (χ1v) is 9.68. The second-order valence-electron chi connectivity index (χ2n) is 6.66. The molecule has 4 nitrogen and oxygen atoms in total. The van der Waals surface area contributed by atoms with Crippen LogP contribution in [0.2, 0.25) is 0 Å². The fraction of sp³-hybridized carbons (Fsp3) is 0.333. The van der Waals surface area contributed by atoms with Crippen LogP contribution >= 0.6 is 11.3 Å². The molecule has 0 aliphatic heterocycles. The van der Waals surface area contributed by atoms with E-state index in [-0.39, 0.29) is 12.5 Å². The first kappa shape index (κ1) is 18.4. The average molecular weight is 369 g/mol. The zero-order chi connectivity index (χ0) is 18.7. The van der Waals surface area contributed by atoms with Crippen molar-refractivity contribution in [3.05, 3.63) is 53.1 Å². The summed E-state index contributed by atoms with van der Waals surface area (Å²) in [4.78, 5) is 16.7. The lowest BCUT2D eigenvalue weighted by Gasteiger charge is -2.10. The molecule has 0 radical (unpaired) electrons. The Balaban J connectivity index is 1.60. The molecule has 0 bridgehead atoms. The van der Waals surface area contributed by atoms with E-state index in [1.165, 1.54) is 22.5 Å². The van der Waals surface area contributed by atoms with Gasteiger partial charge >= 0.3 is 0 Å². The van der Waals surface area contributed by atoms with Gasteiger partial charge in [-0.2, -0.15) is 0 Å². The molecule has 26 heavy (non-hydrogen) atoms. The summed E-state index contributed by atoms with van der Waals surface area (Å²) in [5.74, 6) is 1.02. The van der Waals surface area contributed by atoms with Crippen molar-refractivity contribution in [2.24, 2.45) is 0 Å². The summed E-state index contributed by atoms with van der Waals surface area (Å²) in [5.41, 5.74) is 4.54. The number of thiazole rings is 1. The number of aryl methyl sites for hydroxylation is 2. The molecule has 0 saturated carbocycles. The SMILES string of the molecule is CC[C@@H](C)c1ccc(OCC(=O)Nc2nc3c(C)cc(C)cc3s2)cc1. The van der Waals surface area contributed by atoms with Gasteiger partial charge in [0.15, 0.2) is 11.7 Å². The highest BCUT2D eigenvalue weighted by molar-refractivity contribution is 7.22. The van der Waals surface area contributed by atoms with Crippen LogP contribution in [0.1, 0.15) is 42.9 Å². The van der Waals surface area contributed by atoms with Crippen LogP contribution in [0, 0.1) is 13.8 Å². The number of fused-ring (bicyclic) bond motifs is 1. The van der Waals surface area contributed by atoms with E-state index in [0.29, 0.717) is 16.8 Å². The number of hydrogen-bond donors (Lipinski definition) is 1. The molecule has 3 rings (SSSR count). The summed E-state index contributed by atoms with van der Waals surface area (Å²) in [7, 11) is 0. The lowest BCUT2D eigenvalue weighted by atomic mass is 9.99. The fourth-order valence-electron chi connectivity index (χ4n) is 2.86. The van der Waals surface area contributed by atoms with Crippen molar-refractivity contribution < 1.29 is 9.53 Å². The maximum Gasteiger partial charge on any atom is 0.264 e. The van der Waals surface area contributed by atoms with Gasteiger partial charge in [0.2, 0.25) is 0 Å². The molecule has 0 spiro atoms. The van der Waals surface area contributed by atoms with Crippen molar-refractivity contribution in [2.45, 2.75) is 40.0 Å². The normalized spacial score (nSPS) is 12.2. The lowest BCUT2D eigenvalue weighted by molar-refractivity contribution is -0.118. The largest absolute Gasteiger partial charge is 0.484 e. The smallest absolute Gasteiger partial charge is 0.264 e. The third kappa shape index (κ3) is 4.22. The van der Waals surface area contributed by atoms with Crippen LogP contribution in [-0.2, 0) is 4.79 Å². The minimum atomic E-state index is -0.204. The zero-order valence-electron chi connectivity index (χ0n) is 15.6. The summed E-state index contributed by atoms with van der Waals surface area (Å²) < 4.78 is 6.67. The second kappa shape index (κ2) is 7.87. The second-order valence-corrected chi connectivity index (χ2v) is 7.69. The van der Waals surface area contributed by atoms with E-state index in [1.807, 2.05) is 19.1 Å². The van der Waals surface area contributed by atoms with Crippen molar-refractivity contribution in [1.82, 2.24) is 4.98 Å². The number of nitrogens with zero attached hydrogens (tertiary/aromatic N) is 1. The van der Waals surface area contributed by atoms with Gasteiger partial charge in [0.05, 0.1) is 10.2 Å². The number of nitrogens with one attached hydrogen (secondary N) is 1. The molecule has 0 aliphatic carbocycles. The Hall–Kier alpha value is -2.40. The maximum absolute atomic E-state index is 12.2. The molecular formula is C21H24N2O2S. The molecule has 5 heteroatoms. The summed E-state index contributed by atoms with van der Waals surface area (Å²) in [6.45, 7) is 8.43. The highest BCUT2D eigenvalue weighted by Crippen LogP contribution is 2.29. The van der Waals surface area contributed by atoms with E-state index < -0.39 is 0 Å². The topological polar surface area (TPSA) is 51.2 Å². The molecule has 1 atom stereocenters. The van der Waals surface area contributed by atoms with E-state index >= 15 is 0 Å². The molecular weight excluding hydrogens is 344 g/mol. The Morgan fingerprint density at radius 1 is 1.23 bits per heavy atom. The Bertz CT molecular complexity index is 916. The molecule has 3 aromatic rings. The minimum Gasteiger partial charge on any atom is -0.484 e. The van der Waals surface area contributed by atoms with Gasteiger partial charge in [-0.3, -0.25) is 10.1 Å². The number of amides is 1. The van der Waals surface area contributed by atoms with E-state index in [4.69, 9.17) is 4.74 Å². The van der Waals surface area contributed by atoms with Gasteiger partial charge in [0, 0.05) is 0 Å². The third-order valence-electron chi connectivity index (χ3n) is 4.51. The van der Waals surface area contributed by atoms with E-state index in [9.17, 15) is 4.79 Å². The first-order valence-electron chi connectivity index (χ1n) is 8.86. The predicted octanol–water partition coefficient (Wildman–Crippen LogP) is 5.44. The van der Waals surface area contributed by atoms with Gasteiger partial charge in [-0.05, 0) is 61.1 Å². The maximum atomic E-state index is 12.2. The first-order chi connectivity index (χ1) is 12.5. The lowest BCUT2D eigenvalue weighted by Crippen LogP contribution is -2.20. The van der Waals surface area contributed by atoms with Crippen LogP contribution in [0.5, 0.6) is 5.75 Å². The van der Waals surface area contributed by atoms with Crippen molar-refractivity contribution in [3.8, 4) is 5.75 Å². The van der Waals surface area contributed by atoms with Crippen molar-refractivity contribution in [3.63, 3.8) is 0 Å². The molecule has 1 amide bonds. The number of benzene rings is 2. The monoisotopic (exact) mass is 368 g/mol. The molecule has 0 unspecified atom stereocenters. The van der Waals surface area contributed by atoms with Crippen LogP contribution in [0.4, 0.5) is 5.13 Å². The number of hydrogen-bond acceptors (Lipinski definition) is 4. The van der Waals surface area contributed by atoms with Crippen LogP contribution in [0.15, 0.2) is 36.4 Å². The zero-order valence-corrected chi connectivity index (χ0v) is 16.4. The highest BCUT2D eigenvalue weighted by Gasteiger charge is 2.11. The quantitative estimate of drug-likeness (QED) is 0.630. The van der Waals surface area contributed by atoms with Crippen LogP contribution in [-0.4, -0.2) is 17.5 Å². The standard InChI is InChI=1S/C21H24N2O2S/c1-5-14(3)16-6-8-17(9-7-16)25-12-19(24)22-21-23-20-15(4)10-13(2)11-18(20)26-21/h6-11,14H,5,12H2,1-4H3,(H,22,23,24)/t14-/m1/s1. The minimum absolute atomic E-state index is 0.0311. The highest BCUT2D eigenvalue weighted by atomic mass is 32.1. The van der Waals surface area contributed by atoms with E-state index in [2.05, 4.69) is 55.3 Å². The molecule has 1 aromatic heterocycles. The third-order valence-corrected chi connectivity index (χ3v) is 5.43. The van der Waals surface area contributed by atoms with Crippen molar-refractivity contribution in [1.29, 1.82) is 0 Å². The van der Waals surface area contributed by atoms with Gasteiger partial charge in [-0.1, -0.05) is 43.4 Å². The van der Waals surface area contributed by atoms with E-state index in [0.717, 1.165) is 22.2 Å². The summed E-state index contributed by atoms with van der Waals surface area (Å²) >= 11 is 1.48. The predicted molar refractivity (Wildman–Crippen MR) is 108 cm³/mol. The summed E-state index contributed by atoms with van der Waals surface area (Å²) in [5, 5.41) is 3.44.